The molecule has 0 aromatic carbocycles. The lowest BCUT2D eigenvalue weighted by atomic mass is 10.3. The molecule has 0 N–H and O–H groups in total. The molecule has 18 heavy (non-hydrogen) atoms. The molecule has 102 valence electrons. The Hall–Kier alpha value is 0.340. The van der Waals surface area contributed by atoms with E-state index in [1.807, 2.05) is 0 Å². The van der Waals surface area contributed by atoms with Crippen LogP contribution >= 0.6 is 38.9 Å². The maximum Gasteiger partial charge on any atom is 0.244 e. The summed E-state index contributed by atoms with van der Waals surface area (Å²) >= 11 is 10.6. The summed E-state index contributed by atoms with van der Waals surface area (Å²) in [7, 11) is -3.48. The number of sulfonamides is 1. The highest BCUT2D eigenvalue weighted by Crippen LogP contribution is 2.32. The molecule has 1 aliphatic heterocycles. The Morgan fingerprint density at radius 2 is 2.39 bits per heavy atom. The molecule has 2 rings (SSSR count). The zero-order valence-electron chi connectivity index (χ0n) is 9.73. The van der Waals surface area contributed by atoms with Gasteiger partial charge in [0.2, 0.25) is 10.0 Å². The third-order valence-corrected chi connectivity index (χ3v) is 6.90. The zero-order chi connectivity index (χ0) is 13.3. The summed E-state index contributed by atoms with van der Waals surface area (Å²) in [4.78, 5) is 1.14. The van der Waals surface area contributed by atoms with Gasteiger partial charge < -0.3 is 4.74 Å². The maximum absolute atomic E-state index is 12.6. The molecule has 0 spiro atoms. The molecule has 1 unspecified atom stereocenters. The van der Waals surface area contributed by atoms with E-state index in [0.29, 0.717) is 24.7 Å². The van der Waals surface area contributed by atoms with E-state index in [0.717, 1.165) is 8.66 Å². The first-order chi connectivity index (χ1) is 8.46. The van der Waals surface area contributed by atoms with Crippen LogP contribution in [0, 0.1) is 6.92 Å². The number of morpholine rings is 1. The fourth-order valence-corrected chi connectivity index (χ4v) is 6.21. The average Bonchev–Trinajstić information content (AvgIpc) is 2.69. The molecule has 1 fully saturated rings. The Morgan fingerprint density at radius 3 is 2.94 bits per heavy atom. The van der Waals surface area contributed by atoms with E-state index in [1.165, 1.54) is 15.6 Å². The maximum atomic E-state index is 12.6. The average molecular weight is 375 g/mol. The molecular weight excluding hydrogens is 362 g/mol. The number of thiophene rings is 1. The predicted octanol–water partition coefficient (Wildman–Crippen LogP) is 2.45. The first-order valence-corrected chi connectivity index (χ1v) is 8.96. The number of rotatable bonds is 3. The largest absolute Gasteiger partial charge is 0.378 e. The van der Waals surface area contributed by atoms with E-state index in [1.54, 1.807) is 13.0 Å². The number of alkyl halides is 1. The molecule has 0 saturated carbocycles. The van der Waals surface area contributed by atoms with E-state index >= 15 is 0 Å². The molecule has 8 heteroatoms. The molecule has 1 aromatic heterocycles. The molecule has 0 amide bonds. The fraction of sp³-hybridized carbons (Fsp3) is 0.600. The van der Waals surface area contributed by atoms with Crippen molar-refractivity contribution in [3.8, 4) is 0 Å². The van der Waals surface area contributed by atoms with Gasteiger partial charge in [-0.15, -0.1) is 22.9 Å². The van der Waals surface area contributed by atoms with Gasteiger partial charge in [-0.1, -0.05) is 0 Å². The smallest absolute Gasteiger partial charge is 0.244 e. The number of hydrogen-bond donors (Lipinski definition) is 0. The second kappa shape index (κ2) is 5.76. The minimum absolute atomic E-state index is 0.240. The van der Waals surface area contributed by atoms with Gasteiger partial charge in [-0.25, -0.2) is 8.42 Å². The number of aryl methyl sites for hydroxylation is 1. The summed E-state index contributed by atoms with van der Waals surface area (Å²) in [5, 5.41) is 0. The van der Waals surface area contributed by atoms with Crippen molar-refractivity contribution in [2.24, 2.45) is 0 Å². The Labute approximate surface area is 124 Å². The van der Waals surface area contributed by atoms with Crippen molar-refractivity contribution >= 4 is 48.9 Å². The lowest BCUT2D eigenvalue weighted by Crippen LogP contribution is -2.49. The molecule has 1 aromatic rings. The summed E-state index contributed by atoms with van der Waals surface area (Å²) in [5.74, 6) is 0.240. The molecule has 1 saturated heterocycles. The van der Waals surface area contributed by atoms with Crippen molar-refractivity contribution in [1.29, 1.82) is 0 Å². The highest BCUT2D eigenvalue weighted by atomic mass is 79.9. The van der Waals surface area contributed by atoms with Crippen molar-refractivity contribution in [3.63, 3.8) is 0 Å². The summed E-state index contributed by atoms with van der Waals surface area (Å²) in [6, 6.07) is 1.36. The Kier molecular flexibility index (Phi) is 4.72. The quantitative estimate of drug-likeness (QED) is 0.764. The minimum atomic E-state index is -3.48. The molecule has 1 aliphatic rings. The van der Waals surface area contributed by atoms with Crippen LogP contribution in [0.25, 0.3) is 0 Å². The van der Waals surface area contributed by atoms with Crippen molar-refractivity contribution in [2.75, 3.05) is 25.6 Å². The summed E-state index contributed by atoms with van der Waals surface area (Å²) in [6.45, 7) is 2.93. The van der Waals surface area contributed by atoms with Crippen LogP contribution in [0.5, 0.6) is 0 Å². The second-order valence-electron chi connectivity index (χ2n) is 3.97. The lowest BCUT2D eigenvalue weighted by molar-refractivity contribution is 0.0404. The van der Waals surface area contributed by atoms with Crippen LogP contribution < -0.4 is 0 Å². The summed E-state index contributed by atoms with van der Waals surface area (Å²) in [5.41, 5.74) is 0. The highest BCUT2D eigenvalue weighted by molar-refractivity contribution is 9.11. The van der Waals surface area contributed by atoms with Gasteiger partial charge >= 0.3 is 0 Å². The summed E-state index contributed by atoms with van der Waals surface area (Å²) < 4.78 is 32.7. The normalized spacial score (nSPS) is 22.3. The van der Waals surface area contributed by atoms with Crippen LogP contribution in [0.2, 0.25) is 0 Å². The number of nitrogens with zero attached hydrogens (tertiary/aromatic N) is 1. The predicted molar refractivity (Wildman–Crippen MR) is 76.0 cm³/mol. The monoisotopic (exact) mass is 373 g/mol. The lowest BCUT2D eigenvalue weighted by Gasteiger charge is -2.33. The highest BCUT2D eigenvalue weighted by Gasteiger charge is 2.35. The molecule has 4 nitrogen and oxygen atoms in total. The van der Waals surface area contributed by atoms with E-state index in [4.69, 9.17) is 16.3 Å². The number of ether oxygens (including phenoxy) is 1. The molecule has 2 heterocycles. The van der Waals surface area contributed by atoms with Crippen molar-refractivity contribution in [2.45, 2.75) is 17.9 Å². The standard InChI is InChI=1S/C10H13BrClNO3S2/c1-7-9(4-10(11)17-7)18(14,15)13-2-3-16-6-8(13)5-12/h4,8H,2-3,5-6H2,1H3. The van der Waals surface area contributed by atoms with Gasteiger partial charge in [0, 0.05) is 17.3 Å². The van der Waals surface area contributed by atoms with Crippen LogP contribution in [0.15, 0.2) is 14.7 Å². The molecule has 1 atom stereocenters. The van der Waals surface area contributed by atoms with E-state index in [-0.39, 0.29) is 11.9 Å². The fourth-order valence-electron chi connectivity index (χ4n) is 1.89. The van der Waals surface area contributed by atoms with E-state index < -0.39 is 10.0 Å². The van der Waals surface area contributed by atoms with Crippen molar-refractivity contribution in [3.05, 3.63) is 14.7 Å². The van der Waals surface area contributed by atoms with Gasteiger partial charge in [0.05, 0.1) is 27.9 Å². The van der Waals surface area contributed by atoms with Crippen LogP contribution in [0.4, 0.5) is 0 Å². The van der Waals surface area contributed by atoms with Gasteiger partial charge in [0.15, 0.2) is 0 Å². The first-order valence-electron chi connectivity index (χ1n) is 5.38. The summed E-state index contributed by atoms with van der Waals surface area (Å²) in [6.07, 6.45) is 0. The third-order valence-electron chi connectivity index (χ3n) is 2.78. The molecular formula is C10H13BrClNO3S2. The van der Waals surface area contributed by atoms with E-state index in [9.17, 15) is 8.42 Å². The molecule has 0 bridgehead atoms. The number of halogens is 2. The minimum Gasteiger partial charge on any atom is -0.378 e. The van der Waals surface area contributed by atoms with Crippen molar-refractivity contribution in [1.82, 2.24) is 4.31 Å². The Bertz CT molecular complexity index is 531. The molecule has 0 aliphatic carbocycles. The zero-order valence-corrected chi connectivity index (χ0v) is 13.7. The van der Waals surface area contributed by atoms with Crippen LogP contribution in [-0.4, -0.2) is 44.4 Å². The Balaban J connectivity index is 2.38. The number of hydrogen-bond acceptors (Lipinski definition) is 4. The van der Waals surface area contributed by atoms with Gasteiger partial charge in [0.25, 0.3) is 0 Å². The van der Waals surface area contributed by atoms with Crippen LogP contribution in [-0.2, 0) is 14.8 Å². The third kappa shape index (κ3) is 2.76. The van der Waals surface area contributed by atoms with Crippen LogP contribution in [0.3, 0.4) is 0 Å². The van der Waals surface area contributed by atoms with Gasteiger partial charge in [-0.3, -0.25) is 0 Å². The van der Waals surface area contributed by atoms with Gasteiger partial charge in [-0.05, 0) is 28.9 Å². The van der Waals surface area contributed by atoms with Crippen molar-refractivity contribution < 1.29 is 13.2 Å². The molecule has 0 radical (unpaired) electrons. The topological polar surface area (TPSA) is 46.6 Å². The second-order valence-corrected chi connectivity index (χ2v) is 8.77. The first kappa shape index (κ1) is 14.7. The van der Waals surface area contributed by atoms with Crippen LogP contribution in [0.1, 0.15) is 4.88 Å². The SMILES string of the molecule is Cc1sc(Br)cc1S(=O)(=O)N1CCOCC1CCl. The van der Waals surface area contributed by atoms with Gasteiger partial charge in [-0.2, -0.15) is 4.31 Å². The Morgan fingerprint density at radius 1 is 1.67 bits per heavy atom. The van der Waals surface area contributed by atoms with E-state index in [2.05, 4.69) is 15.9 Å². The van der Waals surface area contributed by atoms with Gasteiger partial charge in [0.1, 0.15) is 0 Å².